The Morgan fingerprint density at radius 2 is 2.43 bits per heavy atom. The van der Waals surface area contributed by atoms with Crippen LogP contribution in [0, 0.1) is 0 Å². The van der Waals surface area contributed by atoms with Crippen molar-refractivity contribution >= 4 is 17.6 Å². The molecule has 0 atom stereocenters. The van der Waals surface area contributed by atoms with Crippen LogP contribution in [-0.2, 0) is 9.63 Å². The Morgan fingerprint density at radius 3 is 2.57 bits per heavy atom. The Hall–Kier alpha value is -0.280. The van der Waals surface area contributed by atoms with Gasteiger partial charge >= 0.3 is 5.97 Å². The van der Waals surface area contributed by atoms with Gasteiger partial charge in [-0.05, 0) is 0 Å². The van der Waals surface area contributed by atoms with Crippen LogP contribution in [0.25, 0.3) is 0 Å². The second-order valence-electron chi connectivity index (χ2n) is 0.929. The highest BCUT2D eigenvalue weighted by molar-refractivity contribution is 6.18. The van der Waals surface area contributed by atoms with Gasteiger partial charge in [-0.3, -0.25) is 4.79 Å². The molecule has 42 valence electrons. The highest BCUT2D eigenvalue weighted by Crippen LogP contribution is 1.83. The van der Waals surface area contributed by atoms with Gasteiger partial charge in [0.15, 0.2) is 0 Å². The van der Waals surface area contributed by atoms with Crippen molar-refractivity contribution < 1.29 is 9.63 Å². The Balaban J connectivity index is 3.00. The Labute approximate surface area is 46.3 Å². The van der Waals surface area contributed by atoms with E-state index in [0.717, 1.165) is 0 Å². The molecule has 2 N–H and O–H groups in total. The molecule has 0 heterocycles. The van der Waals surface area contributed by atoms with E-state index in [1.165, 1.54) is 0 Å². The minimum atomic E-state index is -0.477. The van der Waals surface area contributed by atoms with Crippen molar-refractivity contribution in [3.8, 4) is 0 Å². The number of halogens is 1. The molecule has 0 aromatic heterocycles. The zero-order chi connectivity index (χ0) is 5.70. The minimum absolute atomic E-state index is 0.179. The number of rotatable bonds is 2. The lowest BCUT2D eigenvalue weighted by Crippen LogP contribution is -2.09. The summed E-state index contributed by atoms with van der Waals surface area (Å²) in [5.74, 6) is 4.23. The summed E-state index contributed by atoms with van der Waals surface area (Å²) < 4.78 is 0. The fourth-order valence-corrected chi connectivity index (χ4v) is 0.290. The molecule has 0 aliphatic heterocycles. The third kappa shape index (κ3) is 3.55. The largest absolute Gasteiger partial charge is 0.373 e. The predicted molar refractivity (Wildman–Crippen MR) is 25.6 cm³/mol. The molecular weight excluding hydrogens is 117 g/mol. The lowest BCUT2D eigenvalue weighted by atomic mass is 10.5. The molecule has 0 fully saturated rings. The maximum absolute atomic E-state index is 9.98. The summed E-state index contributed by atoms with van der Waals surface area (Å²) in [6, 6.07) is 0. The quantitative estimate of drug-likeness (QED) is 0.417. The van der Waals surface area contributed by atoms with E-state index in [1.54, 1.807) is 0 Å². The van der Waals surface area contributed by atoms with E-state index in [9.17, 15) is 4.79 Å². The predicted octanol–water partition coefficient (Wildman–Crippen LogP) is 0.0322. The Kier molecular flexibility index (Phi) is 3.74. The van der Waals surface area contributed by atoms with E-state index in [-0.39, 0.29) is 12.3 Å². The van der Waals surface area contributed by atoms with Gasteiger partial charge in [0.2, 0.25) is 0 Å². The Morgan fingerprint density at radius 1 is 1.86 bits per heavy atom. The zero-order valence-corrected chi connectivity index (χ0v) is 4.44. The molecule has 0 aromatic carbocycles. The Bertz CT molecular complexity index is 66.0. The van der Waals surface area contributed by atoms with Gasteiger partial charge in [0, 0.05) is 5.88 Å². The minimum Gasteiger partial charge on any atom is -0.373 e. The first-order valence-corrected chi connectivity index (χ1v) is 2.30. The number of hydrogen-bond donors (Lipinski definition) is 1. The van der Waals surface area contributed by atoms with Gasteiger partial charge in [-0.15, -0.1) is 11.6 Å². The summed E-state index contributed by atoms with van der Waals surface area (Å²) in [4.78, 5) is 13.7. The molecule has 0 aromatic rings. The van der Waals surface area contributed by atoms with Crippen LogP contribution >= 0.6 is 11.6 Å². The van der Waals surface area contributed by atoms with Crippen molar-refractivity contribution in [1.82, 2.24) is 0 Å². The average molecular weight is 124 g/mol. The van der Waals surface area contributed by atoms with Crippen molar-refractivity contribution in [1.29, 1.82) is 0 Å². The van der Waals surface area contributed by atoms with Crippen LogP contribution in [-0.4, -0.2) is 11.8 Å². The molecule has 0 saturated heterocycles. The van der Waals surface area contributed by atoms with Crippen LogP contribution < -0.4 is 5.90 Å². The third-order valence-corrected chi connectivity index (χ3v) is 0.619. The van der Waals surface area contributed by atoms with Crippen molar-refractivity contribution in [3.05, 3.63) is 0 Å². The normalized spacial score (nSPS) is 8.29. The maximum Gasteiger partial charge on any atom is 0.325 e. The molecule has 0 spiro atoms. The summed E-state index contributed by atoms with van der Waals surface area (Å²) in [5.41, 5.74) is 0. The highest BCUT2D eigenvalue weighted by Gasteiger charge is 1.95. The van der Waals surface area contributed by atoms with Gasteiger partial charge < -0.3 is 4.84 Å². The highest BCUT2D eigenvalue weighted by atomic mass is 35.5. The second-order valence-corrected chi connectivity index (χ2v) is 1.31. The van der Waals surface area contributed by atoms with E-state index >= 15 is 0 Å². The van der Waals surface area contributed by atoms with Crippen LogP contribution in [0.1, 0.15) is 6.42 Å². The number of nitrogens with two attached hydrogens (primary N) is 1. The molecule has 0 rings (SSSR count). The fourth-order valence-electron chi connectivity index (χ4n) is 0.136. The van der Waals surface area contributed by atoms with Gasteiger partial charge in [-0.1, -0.05) is 0 Å². The van der Waals surface area contributed by atoms with Crippen molar-refractivity contribution in [2.75, 3.05) is 5.88 Å². The first-order valence-electron chi connectivity index (χ1n) is 1.76. The first-order chi connectivity index (χ1) is 3.31. The molecule has 3 nitrogen and oxygen atoms in total. The molecule has 4 heteroatoms. The molecule has 0 radical (unpaired) electrons. The SMILES string of the molecule is NOC(=O)CCCl. The summed E-state index contributed by atoms with van der Waals surface area (Å²) in [5, 5.41) is 0. The topological polar surface area (TPSA) is 52.3 Å². The summed E-state index contributed by atoms with van der Waals surface area (Å²) in [7, 11) is 0. The summed E-state index contributed by atoms with van der Waals surface area (Å²) >= 11 is 5.12. The zero-order valence-electron chi connectivity index (χ0n) is 3.69. The van der Waals surface area contributed by atoms with Crippen LogP contribution in [0.15, 0.2) is 0 Å². The van der Waals surface area contributed by atoms with Gasteiger partial charge in [0.1, 0.15) is 0 Å². The van der Waals surface area contributed by atoms with E-state index < -0.39 is 5.97 Å². The fraction of sp³-hybridized carbons (Fsp3) is 0.667. The smallest absolute Gasteiger partial charge is 0.325 e. The second kappa shape index (κ2) is 3.89. The molecule has 0 aliphatic rings. The van der Waals surface area contributed by atoms with Crippen molar-refractivity contribution in [3.63, 3.8) is 0 Å². The number of alkyl halides is 1. The monoisotopic (exact) mass is 123 g/mol. The van der Waals surface area contributed by atoms with Crippen LogP contribution in [0.4, 0.5) is 0 Å². The third-order valence-electron chi connectivity index (χ3n) is 0.430. The van der Waals surface area contributed by atoms with Crippen LogP contribution in [0.3, 0.4) is 0 Å². The van der Waals surface area contributed by atoms with Crippen LogP contribution in [0.5, 0.6) is 0 Å². The number of carbonyl (C=O) groups excluding carboxylic acids is 1. The van der Waals surface area contributed by atoms with Gasteiger partial charge in [0.25, 0.3) is 0 Å². The lowest BCUT2D eigenvalue weighted by molar-refractivity contribution is -0.143. The maximum atomic E-state index is 9.98. The summed E-state index contributed by atoms with van der Waals surface area (Å²) in [6.07, 6.45) is 0.179. The van der Waals surface area contributed by atoms with Gasteiger partial charge in [0.05, 0.1) is 6.42 Å². The molecular formula is C3H6ClNO2. The van der Waals surface area contributed by atoms with Gasteiger partial charge in [-0.2, -0.15) is 5.90 Å². The van der Waals surface area contributed by atoms with E-state index in [4.69, 9.17) is 11.6 Å². The standard InChI is InChI=1S/C3H6ClNO2/c4-2-1-3(6)7-5/h1-2,5H2. The molecule has 7 heavy (non-hydrogen) atoms. The molecule has 0 aliphatic carbocycles. The van der Waals surface area contributed by atoms with Gasteiger partial charge in [-0.25, -0.2) is 0 Å². The van der Waals surface area contributed by atoms with Crippen molar-refractivity contribution in [2.45, 2.75) is 6.42 Å². The van der Waals surface area contributed by atoms with E-state index in [0.29, 0.717) is 0 Å². The van der Waals surface area contributed by atoms with Crippen molar-refractivity contribution in [2.24, 2.45) is 5.90 Å². The molecule has 0 bridgehead atoms. The summed E-state index contributed by atoms with van der Waals surface area (Å²) in [6.45, 7) is 0. The first kappa shape index (κ1) is 6.72. The van der Waals surface area contributed by atoms with E-state index in [2.05, 4.69) is 10.7 Å². The lowest BCUT2D eigenvalue weighted by Gasteiger charge is -1.88. The molecule has 0 unspecified atom stereocenters. The molecule has 0 amide bonds. The van der Waals surface area contributed by atoms with E-state index in [1.807, 2.05) is 0 Å². The average Bonchev–Trinajstić information content (AvgIpc) is 1.68. The molecule has 0 saturated carbocycles. The number of carbonyl (C=O) groups is 1. The number of hydrogen-bond acceptors (Lipinski definition) is 3. The van der Waals surface area contributed by atoms with Crippen LogP contribution in [0.2, 0.25) is 0 Å².